The van der Waals surface area contributed by atoms with Crippen molar-refractivity contribution in [2.75, 3.05) is 13.2 Å². The SMILES string of the molecule is Cc1ccc(S(=O)(=O)N(CCO)C2CC2)cc1F. The molecule has 0 heterocycles. The molecule has 0 aromatic heterocycles. The molecule has 0 spiro atoms. The molecular formula is C12H16FNO3S. The van der Waals surface area contributed by atoms with E-state index in [9.17, 15) is 12.8 Å². The molecule has 1 aliphatic carbocycles. The van der Waals surface area contributed by atoms with E-state index in [1.165, 1.54) is 16.4 Å². The molecular weight excluding hydrogens is 257 g/mol. The van der Waals surface area contributed by atoms with Gasteiger partial charge in [-0.05, 0) is 37.5 Å². The highest BCUT2D eigenvalue weighted by Gasteiger charge is 2.37. The first-order chi connectivity index (χ1) is 8.46. The van der Waals surface area contributed by atoms with E-state index in [0.29, 0.717) is 5.56 Å². The number of hydrogen-bond acceptors (Lipinski definition) is 3. The van der Waals surface area contributed by atoms with Crippen LogP contribution in [0.4, 0.5) is 4.39 Å². The first-order valence-corrected chi connectivity index (χ1v) is 7.29. The summed E-state index contributed by atoms with van der Waals surface area (Å²) in [5.74, 6) is -0.532. The average molecular weight is 273 g/mol. The largest absolute Gasteiger partial charge is 0.395 e. The first kappa shape index (κ1) is 13.5. The van der Waals surface area contributed by atoms with Gasteiger partial charge in [-0.1, -0.05) is 6.07 Å². The van der Waals surface area contributed by atoms with Gasteiger partial charge < -0.3 is 5.11 Å². The number of aliphatic hydroxyl groups is 1. The summed E-state index contributed by atoms with van der Waals surface area (Å²) in [6.45, 7) is 1.41. The summed E-state index contributed by atoms with van der Waals surface area (Å²) < 4.78 is 39.3. The minimum absolute atomic E-state index is 0.0495. The van der Waals surface area contributed by atoms with Crippen LogP contribution in [0.1, 0.15) is 18.4 Å². The fourth-order valence-electron chi connectivity index (χ4n) is 1.83. The fraction of sp³-hybridized carbons (Fsp3) is 0.500. The summed E-state index contributed by atoms with van der Waals surface area (Å²) >= 11 is 0. The molecule has 2 rings (SSSR count). The Balaban J connectivity index is 2.36. The van der Waals surface area contributed by atoms with Crippen LogP contribution in [0.3, 0.4) is 0 Å². The quantitative estimate of drug-likeness (QED) is 0.879. The number of halogens is 1. The van der Waals surface area contributed by atoms with Crippen molar-refractivity contribution in [1.29, 1.82) is 0 Å². The maximum atomic E-state index is 13.4. The molecule has 0 unspecified atom stereocenters. The van der Waals surface area contributed by atoms with E-state index >= 15 is 0 Å². The predicted molar refractivity (Wildman–Crippen MR) is 65.1 cm³/mol. The lowest BCUT2D eigenvalue weighted by atomic mass is 10.2. The average Bonchev–Trinajstić information content (AvgIpc) is 3.13. The van der Waals surface area contributed by atoms with Crippen LogP contribution in [-0.2, 0) is 10.0 Å². The van der Waals surface area contributed by atoms with E-state index in [2.05, 4.69) is 0 Å². The van der Waals surface area contributed by atoms with Crippen molar-refractivity contribution in [2.24, 2.45) is 0 Å². The molecule has 6 heteroatoms. The number of aryl methyl sites for hydroxylation is 1. The lowest BCUT2D eigenvalue weighted by molar-refractivity contribution is 0.250. The molecule has 18 heavy (non-hydrogen) atoms. The molecule has 1 saturated carbocycles. The Morgan fingerprint density at radius 3 is 2.61 bits per heavy atom. The van der Waals surface area contributed by atoms with Crippen LogP contribution < -0.4 is 0 Å². The minimum atomic E-state index is -3.71. The second-order valence-corrected chi connectivity index (χ2v) is 6.37. The van der Waals surface area contributed by atoms with Crippen LogP contribution >= 0.6 is 0 Å². The van der Waals surface area contributed by atoms with Gasteiger partial charge in [0.05, 0.1) is 11.5 Å². The highest BCUT2D eigenvalue weighted by Crippen LogP contribution is 2.32. The normalized spacial score (nSPS) is 16.2. The maximum absolute atomic E-state index is 13.4. The van der Waals surface area contributed by atoms with Crippen LogP contribution in [0, 0.1) is 12.7 Å². The third-order valence-electron chi connectivity index (χ3n) is 3.02. The van der Waals surface area contributed by atoms with Crippen molar-refractivity contribution in [1.82, 2.24) is 4.31 Å². The van der Waals surface area contributed by atoms with Crippen molar-refractivity contribution < 1.29 is 17.9 Å². The molecule has 0 radical (unpaired) electrons. The monoisotopic (exact) mass is 273 g/mol. The molecule has 100 valence electrons. The molecule has 0 aliphatic heterocycles. The predicted octanol–water partition coefficient (Wildman–Crippen LogP) is 1.28. The first-order valence-electron chi connectivity index (χ1n) is 5.85. The summed E-state index contributed by atoms with van der Waals surface area (Å²) in [6, 6.07) is 3.84. The number of sulfonamides is 1. The van der Waals surface area contributed by atoms with Crippen LogP contribution in [0.2, 0.25) is 0 Å². The van der Waals surface area contributed by atoms with E-state index in [0.717, 1.165) is 18.9 Å². The zero-order valence-electron chi connectivity index (χ0n) is 10.1. The second-order valence-electron chi connectivity index (χ2n) is 4.48. The molecule has 1 fully saturated rings. The van der Waals surface area contributed by atoms with Gasteiger partial charge in [0.15, 0.2) is 0 Å². The zero-order chi connectivity index (χ0) is 13.3. The number of aliphatic hydroxyl groups excluding tert-OH is 1. The van der Waals surface area contributed by atoms with Crippen LogP contribution in [0.15, 0.2) is 23.1 Å². The number of benzene rings is 1. The second kappa shape index (κ2) is 4.95. The van der Waals surface area contributed by atoms with Crippen molar-refractivity contribution in [3.63, 3.8) is 0 Å². The van der Waals surface area contributed by atoms with Gasteiger partial charge in [0.25, 0.3) is 0 Å². The van der Waals surface area contributed by atoms with Crippen LogP contribution in [0.5, 0.6) is 0 Å². The van der Waals surface area contributed by atoms with Gasteiger partial charge in [-0.3, -0.25) is 0 Å². The van der Waals surface area contributed by atoms with Crippen molar-refractivity contribution in [3.05, 3.63) is 29.6 Å². The lowest BCUT2D eigenvalue weighted by Crippen LogP contribution is -2.35. The van der Waals surface area contributed by atoms with Gasteiger partial charge in [0.1, 0.15) is 5.82 Å². The lowest BCUT2D eigenvalue weighted by Gasteiger charge is -2.21. The molecule has 1 aromatic carbocycles. The Kier molecular flexibility index (Phi) is 3.70. The molecule has 1 aromatic rings. The zero-order valence-corrected chi connectivity index (χ0v) is 11.0. The highest BCUT2D eigenvalue weighted by molar-refractivity contribution is 7.89. The Hall–Kier alpha value is -0.980. The molecule has 0 bridgehead atoms. The minimum Gasteiger partial charge on any atom is -0.395 e. The van der Waals surface area contributed by atoms with Gasteiger partial charge in [-0.2, -0.15) is 4.31 Å². The van der Waals surface area contributed by atoms with Crippen molar-refractivity contribution in [3.8, 4) is 0 Å². The summed E-state index contributed by atoms with van der Waals surface area (Å²) in [5, 5.41) is 8.94. The third-order valence-corrected chi connectivity index (χ3v) is 4.97. The van der Waals surface area contributed by atoms with E-state index in [-0.39, 0.29) is 24.1 Å². The van der Waals surface area contributed by atoms with E-state index in [4.69, 9.17) is 5.11 Å². The maximum Gasteiger partial charge on any atom is 0.243 e. The molecule has 1 aliphatic rings. The number of nitrogens with zero attached hydrogens (tertiary/aromatic N) is 1. The smallest absolute Gasteiger partial charge is 0.243 e. The summed E-state index contributed by atoms with van der Waals surface area (Å²) in [6.07, 6.45) is 1.60. The summed E-state index contributed by atoms with van der Waals surface area (Å²) in [4.78, 5) is -0.0500. The topological polar surface area (TPSA) is 57.6 Å². The van der Waals surface area contributed by atoms with E-state index in [1.54, 1.807) is 6.92 Å². The molecule has 0 atom stereocenters. The number of rotatable bonds is 5. The highest BCUT2D eigenvalue weighted by atomic mass is 32.2. The Labute approximate surface area is 106 Å². The standard InChI is InChI=1S/C12H16FNO3S/c1-9-2-5-11(8-12(9)13)18(16,17)14(6-7-15)10-3-4-10/h2,5,8,10,15H,3-4,6-7H2,1H3. The molecule has 4 nitrogen and oxygen atoms in total. The molecule has 0 amide bonds. The van der Waals surface area contributed by atoms with E-state index in [1.807, 2.05) is 0 Å². The van der Waals surface area contributed by atoms with Gasteiger partial charge in [-0.25, -0.2) is 12.8 Å². The Morgan fingerprint density at radius 1 is 1.44 bits per heavy atom. The van der Waals surface area contributed by atoms with Gasteiger partial charge >= 0.3 is 0 Å². The molecule has 0 saturated heterocycles. The van der Waals surface area contributed by atoms with Crippen molar-refractivity contribution in [2.45, 2.75) is 30.7 Å². The fourth-order valence-corrected chi connectivity index (χ4v) is 3.52. The molecule has 1 N–H and O–H groups in total. The summed E-state index contributed by atoms with van der Waals surface area (Å²) in [5.41, 5.74) is 0.411. The third kappa shape index (κ3) is 2.55. The van der Waals surface area contributed by atoms with Gasteiger partial charge in [-0.15, -0.1) is 0 Å². The Morgan fingerprint density at radius 2 is 2.11 bits per heavy atom. The van der Waals surface area contributed by atoms with Crippen LogP contribution in [0.25, 0.3) is 0 Å². The van der Waals surface area contributed by atoms with Gasteiger partial charge in [0.2, 0.25) is 10.0 Å². The Bertz CT molecular complexity index is 540. The van der Waals surface area contributed by atoms with Gasteiger partial charge in [0, 0.05) is 12.6 Å². The van der Waals surface area contributed by atoms with Crippen molar-refractivity contribution >= 4 is 10.0 Å². The van der Waals surface area contributed by atoms with E-state index < -0.39 is 15.8 Å². The number of hydrogen-bond donors (Lipinski definition) is 1. The summed E-state index contributed by atoms with van der Waals surface area (Å²) in [7, 11) is -3.71. The van der Waals surface area contributed by atoms with Crippen LogP contribution in [-0.4, -0.2) is 37.0 Å².